The fourth-order valence-corrected chi connectivity index (χ4v) is 2.78. The van der Waals surface area contributed by atoms with Crippen LogP contribution in [0.5, 0.6) is 0 Å². The molecule has 1 aliphatic rings. The van der Waals surface area contributed by atoms with Crippen LogP contribution in [-0.2, 0) is 0 Å². The molecule has 0 spiro atoms. The van der Waals surface area contributed by atoms with Crippen LogP contribution in [-0.4, -0.2) is 54.8 Å². The normalized spacial score (nSPS) is 20.1. The average Bonchev–Trinajstić information content (AvgIpc) is 2.82. The maximum atomic E-state index is 12.7. The molecule has 2 rings (SSSR count). The maximum absolute atomic E-state index is 12.7. The zero-order valence-electron chi connectivity index (χ0n) is 9.73. The van der Waals surface area contributed by atoms with Gasteiger partial charge in [0.1, 0.15) is 6.04 Å². The maximum Gasteiger partial charge on any atom is 0.405 e. The molecule has 2 N–H and O–H groups in total. The lowest BCUT2D eigenvalue weighted by Crippen LogP contribution is -2.57. The SMILES string of the molecule is NCC(N1CCN(c2nccs2)CC1)C(F)(F)F. The summed E-state index contributed by atoms with van der Waals surface area (Å²) in [4.78, 5) is 7.57. The summed E-state index contributed by atoms with van der Waals surface area (Å²) in [5, 5.41) is 2.73. The minimum atomic E-state index is -4.25. The highest BCUT2D eigenvalue weighted by atomic mass is 32.1. The summed E-state index contributed by atoms with van der Waals surface area (Å²) >= 11 is 1.50. The molecule has 1 aromatic heterocycles. The molecule has 1 saturated heterocycles. The van der Waals surface area contributed by atoms with Crippen LogP contribution in [0.25, 0.3) is 0 Å². The first-order valence-corrected chi connectivity index (χ1v) is 6.55. The number of aromatic nitrogens is 1. The predicted octanol–water partition coefficient (Wildman–Crippen LogP) is 1.15. The molecule has 18 heavy (non-hydrogen) atoms. The van der Waals surface area contributed by atoms with Gasteiger partial charge in [0.2, 0.25) is 0 Å². The molecule has 1 atom stereocenters. The number of anilines is 1. The van der Waals surface area contributed by atoms with Crippen LogP contribution in [0, 0.1) is 0 Å². The molecule has 1 unspecified atom stereocenters. The molecule has 102 valence electrons. The van der Waals surface area contributed by atoms with Crippen molar-refractivity contribution in [3.05, 3.63) is 11.6 Å². The van der Waals surface area contributed by atoms with Crippen molar-refractivity contribution in [3.8, 4) is 0 Å². The van der Waals surface area contributed by atoms with Crippen LogP contribution in [0.2, 0.25) is 0 Å². The molecule has 1 fully saturated rings. The van der Waals surface area contributed by atoms with E-state index in [1.54, 1.807) is 6.20 Å². The molecular formula is C10H15F3N4S. The van der Waals surface area contributed by atoms with E-state index in [1.165, 1.54) is 16.2 Å². The van der Waals surface area contributed by atoms with Crippen molar-refractivity contribution in [1.82, 2.24) is 9.88 Å². The number of halogens is 3. The Kier molecular flexibility index (Phi) is 4.08. The first kappa shape index (κ1) is 13.6. The fraction of sp³-hybridized carbons (Fsp3) is 0.700. The lowest BCUT2D eigenvalue weighted by molar-refractivity contribution is -0.181. The Morgan fingerprint density at radius 3 is 2.44 bits per heavy atom. The van der Waals surface area contributed by atoms with E-state index in [1.807, 2.05) is 10.3 Å². The summed E-state index contributed by atoms with van der Waals surface area (Å²) in [6, 6.07) is -1.53. The first-order valence-electron chi connectivity index (χ1n) is 5.67. The van der Waals surface area contributed by atoms with Crippen molar-refractivity contribution in [2.75, 3.05) is 37.6 Å². The Labute approximate surface area is 107 Å². The number of nitrogens with two attached hydrogens (primary N) is 1. The van der Waals surface area contributed by atoms with Gasteiger partial charge < -0.3 is 10.6 Å². The quantitative estimate of drug-likeness (QED) is 0.902. The van der Waals surface area contributed by atoms with Gasteiger partial charge in [-0.2, -0.15) is 13.2 Å². The van der Waals surface area contributed by atoms with Gasteiger partial charge in [-0.25, -0.2) is 4.98 Å². The third-order valence-electron chi connectivity index (χ3n) is 3.05. The summed E-state index contributed by atoms with van der Waals surface area (Å²) in [7, 11) is 0. The summed E-state index contributed by atoms with van der Waals surface area (Å²) in [5.74, 6) is 0. The van der Waals surface area contributed by atoms with Crippen molar-refractivity contribution < 1.29 is 13.2 Å². The Hall–Kier alpha value is -0.860. The van der Waals surface area contributed by atoms with E-state index in [-0.39, 0.29) is 6.54 Å². The summed E-state index contributed by atoms with van der Waals surface area (Å²) in [6.07, 6.45) is -2.55. The lowest BCUT2D eigenvalue weighted by Gasteiger charge is -2.39. The molecule has 0 bridgehead atoms. The van der Waals surface area contributed by atoms with Gasteiger partial charge in [-0.1, -0.05) is 0 Å². The second-order valence-corrected chi connectivity index (χ2v) is 5.00. The second kappa shape index (κ2) is 5.41. The molecule has 1 aliphatic heterocycles. The third kappa shape index (κ3) is 2.93. The zero-order chi connectivity index (χ0) is 13.2. The van der Waals surface area contributed by atoms with E-state index in [0.717, 1.165) is 5.13 Å². The topological polar surface area (TPSA) is 45.4 Å². The van der Waals surface area contributed by atoms with Gasteiger partial charge in [-0.15, -0.1) is 11.3 Å². The zero-order valence-corrected chi connectivity index (χ0v) is 10.5. The van der Waals surface area contributed by atoms with Gasteiger partial charge in [-0.3, -0.25) is 4.90 Å². The number of nitrogens with zero attached hydrogens (tertiary/aromatic N) is 3. The largest absolute Gasteiger partial charge is 0.405 e. The molecule has 1 aromatic rings. The van der Waals surface area contributed by atoms with Crippen molar-refractivity contribution in [2.45, 2.75) is 12.2 Å². The smallest absolute Gasteiger partial charge is 0.346 e. The van der Waals surface area contributed by atoms with Gasteiger partial charge in [0.25, 0.3) is 0 Å². The van der Waals surface area contributed by atoms with Crippen LogP contribution in [0.3, 0.4) is 0 Å². The third-order valence-corrected chi connectivity index (χ3v) is 3.88. The number of thiazole rings is 1. The van der Waals surface area contributed by atoms with Crippen molar-refractivity contribution in [1.29, 1.82) is 0 Å². The minimum Gasteiger partial charge on any atom is -0.346 e. The molecule has 0 amide bonds. The van der Waals surface area contributed by atoms with Gasteiger partial charge in [0, 0.05) is 44.3 Å². The van der Waals surface area contributed by atoms with Crippen molar-refractivity contribution in [3.63, 3.8) is 0 Å². The molecular weight excluding hydrogens is 265 g/mol. The lowest BCUT2D eigenvalue weighted by atomic mass is 10.2. The van der Waals surface area contributed by atoms with E-state index >= 15 is 0 Å². The Bertz CT molecular complexity index is 360. The van der Waals surface area contributed by atoms with Crippen LogP contribution in [0.1, 0.15) is 0 Å². The molecule has 8 heteroatoms. The fourth-order valence-electron chi connectivity index (χ4n) is 2.09. The molecule has 0 aliphatic carbocycles. The highest BCUT2D eigenvalue weighted by Crippen LogP contribution is 2.26. The number of hydrogen-bond donors (Lipinski definition) is 1. The highest BCUT2D eigenvalue weighted by molar-refractivity contribution is 7.13. The summed E-state index contributed by atoms with van der Waals surface area (Å²) in [6.45, 7) is 1.45. The summed E-state index contributed by atoms with van der Waals surface area (Å²) < 4.78 is 38.2. The highest BCUT2D eigenvalue weighted by Gasteiger charge is 2.43. The standard InChI is InChI=1S/C10H15F3N4S/c11-10(12,13)8(7-14)16-2-4-17(5-3-16)9-15-1-6-18-9/h1,6,8H,2-5,7,14H2. The molecule has 0 radical (unpaired) electrons. The number of hydrogen-bond acceptors (Lipinski definition) is 5. The Balaban J connectivity index is 1.94. The summed E-state index contributed by atoms with van der Waals surface area (Å²) in [5.41, 5.74) is 5.23. The van der Waals surface area contributed by atoms with E-state index in [4.69, 9.17) is 5.73 Å². The Morgan fingerprint density at radius 2 is 2.00 bits per heavy atom. The van der Waals surface area contributed by atoms with Crippen LogP contribution in [0.4, 0.5) is 18.3 Å². The van der Waals surface area contributed by atoms with Gasteiger partial charge in [0.05, 0.1) is 0 Å². The molecule has 2 heterocycles. The predicted molar refractivity (Wildman–Crippen MR) is 64.8 cm³/mol. The molecule has 0 aromatic carbocycles. The van der Waals surface area contributed by atoms with E-state index in [9.17, 15) is 13.2 Å². The Morgan fingerprint density at radius 1 is 1.33 bits per heavy atom. The van der Waals surface area contributed by atoms with E-state index in [0.29, 0.717) is 26.2 Å². The van der Waals surface area contributed by atoms with Crippen molar-refractivity contribution in [2.24, 2.45) is 5.73 Å². The van der Waals surface area contributed by atoms with Gasteiger partial charge in [0.15, 0.2) is 5.13 Å². The van der Waals surface area contributed by atoms with E-state index in [2.05, 4.69) is 4.98 Å². The number of rotatable bonds is 3. The van der Waals surface area contributed by atoms with Crippen LogP contribution >= 0.6 is 11.3 Å². The van der Waals surface area contributed by atoms with Gasteiger partial charge >= 0.3 is 6.18 Å². The monoisotopic (exact) mass is 280 g/mol. The van der Waals surface area contributed by atoms with Crippen molar-refractivity contribution >= 4 is 16.5 Å². The number of piperazine rings is 1. The molecule has 0 saturated carbocycles. The van der Waals surface area contributed by atoms with Crippen LogP contribution < -0.4 is 10.6 Å². The van der Waals surface area contributed by atoms with Gasteiger partial charge in [-0.05, 0) is 0 Å². The second-order valence-electron chi connectivity index (χ2n) is 4.13. The first-order chi connectivity index (χ1) is 8.52. The molecule has 4 nitrogen and oxygen atoms in total. The minimum absolute atomic E-state index is 0.362. The average molecular weight is 280 g/mol. The van der Waals surface area contributed by atoms with Crippen LogP contribution in [0.15, 0.2) is 11.6 Å². The van der Waals surface area contributed by atoms with E-state index < -0.39 is 12.2 Å². The number of alkyl halides is 3.